The number of nitrogen functional groups attached to an aromatic ring is 1. The molecule has 0 unspecified atom stereocenters. The summed E-state index contributed by atoms with van der Waals surface area (Å²) >= 11 is 5.86. The SMILES string of the molecule is Nc1cc(OCc2ccc(Cl)cc2)c2ccccc2n1. The van der Waals surface area contributed by atoms with Crippen molar-refractivity contribution >= 4 is 28.3 Å². The molecule has 2 aromatic carbocycles. The second kappa shape index (κ2) is 5.39. The van der Waals surface area contributed by atoms with Crippen LogP contribution in [0.4, 0.5) is 5.82 Å². The fraction of sp³-hybridized carbons (Fsp3) is 0.0625. The average molecular weight is 285 g/mol. The lowest BCUT2D eigenvalue weighted by molar-refractivity contribution is 0.310. The molecule has 0 aliphatic carbocycles. The molecule has 0 aliphatic rings. The molecule has 0 radical (unpaired) electrons. The highest BCUT2D eigenvalue weighted by Crippen LogP contribution is 2.27. The minimum absolute atomic E-state index is 0.454. The maximum absolute atomic E-state index is 5.86. The molecule has 0 saturated heterocycles. The molecule has 1 heterocycles. The zero-order valence-corrected chi connectivity index (χ0v) is 11.5. The van der Waals surface area contributed by atoms with Crippen molar-refractivity contribution in [2.75, 3.05) is 5.73 Å². The zero-order valence-electron chi connectivity index (χ0n) is 10.7. The van der Waals surface area contributed by atoms with E-state index < -0.39 is 0 Å². The highest BCUT2D eigenvalue weighted by Gasteiger charge is 2.05. The van der Waals surface area contributed by atoms with Gasteiger partial charge in [0.2, 0.25) is 0 Å². The first-order chi connectivity index (χ1) is 9.72. The van der Waals surface area contributed by atoms with Crippen molar-refractivity contribution in [1.29, 1.82) is 0 Å². The van der Waals surface area contributed by atoms with Gasteiger partial charge >= 0.3 is 0 Å². The van der Waals surface area contributed by atoms with Crippen LogP contribution in [0.1, 0.15) is 5.56 Å². The van der Waals surface area contributed by atoms with Crippen molar-refractivity contribution in [3.8, 4) is 5.75 Å². The molecule has 0 spiro atoms. The molecule has 2 N–H and O–H groups in total. The maximum Gasteiger partial charge on any atom is 0.132 e. The van der Waals surface area contributed by atoms with Crippen LogP contribution >= 0.6 is 11.6 Å². The molecule has 3 aromatic rings. The first-order valence-electron chi connectivity index (χ1n) is 6.25. The Kier molecular flexibility index (Phi) is 3.44. The second-order valence-electron chi connectivity index (χ2n) is 4.48. The van der Waals surface area contributed by atoms with Crippen molar-refractivity contribution in [3.63, 3.8) is 0 Å². The summed E-state index contributed by atoms with van der Waals surface area (Å²) in [5.41, 5.74) is 7.69. The quantitative estimate of drug-likeness (QED) is 0.789. The molecule has 100 valence electrons. The summed E-state index contributed by atoms with van der Waals surface area (Å²) in [6.07, 6.45) is 0. The van der Waals surface area contributed by atoms with Gasteiger partial charge in [0.1, 0.15) is 18.2 Å². The number of halogens is 1. The van der Waals surface area contributed by atoms with Gasteiger partial charge in [-0.1, -0.05) is 35.9 Å². The molecule has 3 nitrogen and oxygen atoms in total. The summed E-state index contributed by atoms with van der Waals surface area (Å²) in [6, 6.07) is 17.1. The minimum atomic E-state index is 0.454. The van der Waals surface area contributed by atoms with Crippen LogP contribution in [-0.2, 0) is 6.61 Å². The number of aromatic nitrogens is 1. The molecular formula is C16H13ClN2O. The van der Waals surface area contributed by atoms with Crippen LogP contribution in [0.25, 0.3) is 10.9 Å². The van der Waals surface area contributed by atoms with E-state index in [1.54, 1.807) is 6.07 Å². The molecule has 0 aliphatic heterocycles. The number of ether oxygens (including phenoxy) is 1. The van der Waals surface area contributed by atoms with E-state index in [1.165, 1.54) is 0 Å². The van der Waals surface area contributed by atoms with Crippen LogP contribution in [-0.4, -0.2) is 4.98 Å². The third-order valence-electron chi connectivity index (χ3n) is 3.01. The molecular weight excluding hydrogens is 272 g/mol. The van der Waals surface area contributed by atoms with Gasteiger partial charge < -0.3 is 10.5 Å². The Labute approximate surface area is 122 Å². The van der Waals surface area contributed by atoms with Gasteiger partial charge in [-0.05, 0) is 29.8 Å². The van der Waals surface area contributed by atoms with E-state index in [2.05, 4.69) is 4.98 Å². The minimum Gasteiger partial charge on any atom is -0.488 e. The number of hydrogen-bond donors (Lipinski definition) is 1. The Balaban J connectivity index is 1.88. The van der Waals surface area contributed by atoms with E-state index >= 15 is 0 Å². The molecule has 4 heteroatoms. The van der Waals surface area contributed by atoms with Crippen LogP contribution in [0.15, 0.2) is 54.6 Å². The third kappa shape index (κ3) is 2.68. The summed E-state index contributed by atoms with van der Waals surface area (Å²) in [7, 11) is 0. The van der Waals surface area contributed by atoms with Crippen LogP contribution in [0.3, 0.4) is 0 Å². The van der Waals surface area contributed by atoms with Gasteiger partial charge in [0.05, 0.1) is 5.52 Å². The van der Waals surface area contributed by atoms with E-state index in [1.807, 2.05) is 48.5 Å². The number of rotatable bonds is 3. The average Bonchev–Trinajstić information content (AvgIpc) is 2.46. The summed E-state index contributed by atoms with van der Waals surface area (Å²) in [6.45, 7) is 0.463. The Morgan fingerprint density at radius 1 is 1.05 bits per heavy atom. The summed E-state index contributed by atoms with van der Waals surface area (Å²) in [4.78, 5) is 4.28. The molecule has 3 rings (SSSR count). The van der Waals surface area contributed by atoms with Gasteiger partial charge in [-0.3, -0.25) is 0 Å². The molecule has 0 fully saturated rings. The zero-order chi connectivity index (χ0) is 13.9. The lowest BCUT2D eigenvalue weighted by Gasteiger charge is -2.10. The fourth-order valence-corrected chi connectivity index (χ4v) is 2.15. The molecule has 20 heavy (non-hydrogen) atoms. The van der Waals surface area contributed by atoms with Crippen LogP contribution < -0.4 is 10.5 Å². The molecule has 0 atom stereocenters. The number of nitrogens with zero attached hydrogens (tertiary/aromatic N) is 1. The third-order valence-corrected chi connectivity index (χ3v) is 3.26. The number of benzene rings is 2. The first-order valence-corrected chi connectivity index (χ1v) is 6.63. The predicted molar refractivity (Wildman–Crippen MR) is 81.9 cm³/mol. The maximum atomic E-state index is 5.86. The van der Waals surface area contributed by atoms with E-state index in [0.29, 0.717) is 17.4 Å². The monoisotopic (exact) mass is 284 g/mol. The fourth-order valence-electron chi connectivity index (χ4n) is 2.02. The van der Waals surface area contributed by atoms with E-state index in [0.717, 1.165) is 22.2 Å². The number of pyridine rings is 1. The van der Waals surface area contributed by atoms with Gasteiger partial charge in [-0.15, -0.1) is 0 Å². The largest absolute Gasteiger partial charge is 0.488 e. The van der Waals surface area contributed by atoms with Gasteiger partial charge in [0.15, 0.2) is 0 Å². The number of hydrogen-bond acceptors (Lipinski definition) is 3. The van der Waals surface area contributed by atoms with Gasteiger partial charge in [-0.25, -0.2) is 4.98 Å². The highest BCUT2D eigenvalue weighted by atomic mass is 35.5. The van der Waals surface area contributed by atoms with E-state index in [4.69, 9.17) is 22.1 Å². The van der Waals surface area contributed by atoms with Crippen LogP contribution in [0.2, 0.25) is 5.02 Å². The molecule has 0 amide bonds. The van der Waals surface area contributed by atoms with Crippen molar-refractivity contribution in [1.82, 2.24) is 4.98 Å². The van der Waals surface area contributed by atoms with Crippen molar-refractivity contribution in [3.05, 3.63) is 65.2 Å². The number of anilines is 1. The summed E-state index contributed by atoms with van der Waals surface area (Å²) in [5, 5.41) is 1.67. The van der Waals surface area contributed by atoms with Crippen molar-refractivity contribution in [2.45, 2.75) is 6.61 Å². The highest BCUT2D eigenvalue weighted by molar-refractivity contribution is 6.30. The molecule has 0 saturated carbocycles. The van der Waals surface area contributed by atoms with Crippen LogP contribution in [0.5, 0.6) is 5.75 Å². The molecule has 0 bridgehead atoms. The smallest absolute Gasteiger partial charge is 0.132 e. The Morgan fingerprint density at radius 3 is 2.60 bits per heavy atom. The predicted octanol–water partition coefficient (Wildman–Crippen LogP) is 4.05. The second-order valence-corrected chi connectivity index (χ2v) is 4.91. The van der Waals surface area contributed by atoms with Gasteiger partial charge in [0.25, 0.3) is 0 Å². The Morgan fingerprint density at radius 2 is 1.80 bits per heavy atom. The standard InChI is InChI=1S/C16H13ClN2O/c17-12-7-5-11(6-8-12)10-20-15-9-16(18)19-14-4-2-1-3-13(14)15/h1-9H,10H2,(H2,18,19). The van der Waals surface area contributed by atoms with E-state index in [-0.39, 0.29) is 0 Å². The lowest BCUT2D eigenvalue weighted by Crippen LogP contribution is -1.98. The normalized spacial score (nSPS) is 10.7. The van der Waals surface area contributed by atoms with Crippen LogP contribution in [0, 0.1) is 0 Å². The number of nitrogens with two attached hydrogens (primary N) is 1. The topological polar surface area (TPSA) is 48.1 Å². The Hall–Kier alpha value is -2.26. The summed E-state index contributed by atoms with van der Waals surface area (Å²) in [5.74, 6) is 1.19. The molecule has 1 aromatic heterocycles. The van der Waals surface area contributed by atoms with Gasteiger partial charge in [-0.2, -0.15) is 0 Å². The lowest BCUT2D eigenvalue weighted by atomic mass is 10.2. The van der Waals surface area contributed by atoms with Crippen molar-refractivity contribution < 1.29 is 4.74 Å². The van der Waals surface area contributed by atoms with Crippen molar-refractivity contribution in [2.24, 2.45) is 0 Å². The number of para-hydroxylation sites is 1. The Bertz CT molecular complexity index is 741. The van der Waals surface area contributed by atoms with E-state index in [9.17, 15) is 0 Å². The first kappa shape index (κ1) is 12.8. The number of fused-ring (bicyclic) bond motifs is 1. The summed E-state index contributed by atoms with van der Waals surface area (Å²) < 4.78 is 5.86. The van der Waals surface area contributed by atoms with Gasteiger partial charge in [0, 0.05) is 16.5 Å².